The van der Waals surface area contributed by atoms with E-state index in [1.165, 1.54) is 25.3 Å². The van der Waals surface area contributed by atoms with Crippen molar-refractivity contribution >= 4 is 51.5 Å². The molecule has 0 saturated carbocycles. The molecule has 0 aromatic heterocycles. The van der Waals surface area contributed by atoms with Gasteiger partial charge in [-0.05, 0) is 54.1 Å². The Morgan fingerprint density at radius 3 is 2.36 bits per heavy atom. The van der Waals surface area contributed by atoms with Gasteiger partial charge in [-0.15, -0.1) is 0 Å². The number of barbiturate groups is 1. The lowest BCUT2D eigenvalue weighted by Gasteiger charge is -2.26. The molecular weight excluding hydrogens is 532 g/mol. The van der Waals surface area contributed by atoms with E-state index in [9.17, 15) is 19.2 Å². The first kappa shape index (κ1) is 24.7. The van der Waals surface area contributed by atoms with Crippen LogP contribution in [0.5, 0.6) is 11.5 Å². The van der Waals surface area contributed by atoms with E-state index in [4.69, 9.17) is 14.6 Å². The van der Waals surface area contributed by atoms with Gasteiger partial charge >= 0.3 is 12.0 Å². The number of urea groups is 1. The topological polar surface area (TPSA) is 122 Å². The lowest BCUT2D eigenvalue weighted by molar-refractivity contribution is -0.122. The molecule has 4 amide bonds. The molecule has 0 radical (unpaired) electrons. The molecule has 3 aromatic rings. The molecule has 1 aliphatic heterocycles. The zero-order valence-corrected chi connectivity index (χ0v) is 20.4. The Morgan fingerprint density at radius 2 is 1.72 bits per heavy atom. The van der Waals surface area contributed by atoms with Gasteiger partial charge in [0, 0.05) is 10.0 Å². The highest BCUT2D eigenvalue weighted by molar-refractivity contribution is 9.10. The molecule has 10 heteroatoms. The van der Waals surface area contributed by atoms with Crippen molar-refractivity contribution in [1.82, 2.24) is 5.32 Å². The second-order valence-electron chi connectivity index (χ2n) is 7.60. The third-order valence-corrected chi connectivity index (χ3v) is 5.83. The molecule has 0 bridgehead atoms. The number of methoxy groups -OCH3 is 1. The first-order valence-corrected chi connectivity index (χ1v) is 11.4. The van der Waals surface area contributed by atoms with Gasteiger partial charge in [0.05, 0.1) is 18.4 Å². The molecule has 1 fully saturated rings. The van der Waals surface area contributed by atoms with Crippen LogP contribution < -0.4 is 19.7 Å². The third-order valence-electron chi connectivity index (χ3n) is 5.30. The molecule has 0 unspecified atom stereocenters. The molecular formula is C26H19BrN2O7. The average Bonchev–Trinajstić information content (AvgIpc) is 2.86. The lowest BCUT2D eigenvalue weighted by Crippen LogP contribution is -2.54. The molecule has 3 aromatic carbocycles. The van der Waals surface area contributed by atoms with Crippen molar-refractivity contribution in [2.75, 3.05) is 12.0 Å². The summed E-state index contributed by atoms with van der Waals surface area (Å²) in [7, 11) is 1.45. The standard InChI is InChI=1S/C26H19BrN2O7/c1-35-21-4-2-3-17(22(21)36-14-15-5-7-16(8-6-15)25(32)33)13-20-23(30)28-26(34)29(24(20)31)19-11-9-18(27)10-12-19/h2-13H,14H2,1H3,(H,32,33)(H,28,30,34)/b20-13+. The molecule has 0 aliphatic carbocycles. The number of carboxylic acid groups (broad SMARTS) is 1. The predicted octanol–water partition coefficient (Wildman–Crippen LogP) is 4.40. The van der Waals surface area contributed by atoms with Crippen LogP contribution in [0.4, 0.5) is 10.5 Å². The quantitative estimate of drug-likeness (QED) is 0.330. The van der Waals surface area contributed by atoms with Crippen molar-refractivity contribution in [2.45, 2.75) is 6.61 Å². The highest BCUT2D eigenvalue weighted by atomic mass is 79.9. The van der Waals surface area contributed by atoms with Crippen LogP contribution in [0.1, 0.15) is 21.5 Å². The maximum Gasteiger partial charge on any atom is 0.335 e. The van der Waals surface area contributed by atoms with Gasteiger partial charge in [0.15, 0.2) is 11.5 Å². The van der Waals surface area contributed by atoms with Crippen LogP contribution in [0.3, 0.4) is 0 Å². The lowest BCUT2D eigenvalue weighted by atomic mass is 10.1. The molecule has 2 N–H and O–H groups in total. The zero-order valence-electron chi connectivity index (χ0n) is 18.9. The number of anilines is 1. The molecule has 0 atom stereocenters. The molecule has 182 valence electrons. The third kappa shape index (κ3) is 5.13. The Bertz CT molecular complexity index is 1380. The van der Waals surface area contributed by atoms with E-state index in [2.05, 4.69) is 21.2 Å². The van der Waals surface area contributed by atoms with Gasteiger partial charge in [-0.3, -0.25) is 14.9 Å². The zero-order chi connectivity index (χ0) is 25.8. The van der Waals surface area contributed by atoms with Crippen molar-refractivity contribution in [3.63, 3.8) is 0 Å². The smallest absolute Gasteiger partial charge is 0.335 e. The van der Waals surface area contributed by atoms with Crippen LogP contribution in [0.15, 0.2) is 76.8 Å². The fraction of sp³-hybridized carbons (Fsp3) is 0.0769. The number of hydrogen-bond donors (Lipinski definition) is 2. The molecule has 36 heavy (non-hydrogen) atoms. The number of aromatic carboxylic acids is 1. The van der Waals surface area contributed by atoms with Crippen molar-refractivity contribution in [2.24, 2.45) is 0 Å². The van der Waals surface area contributed by atoms with E-state index in [1.54, 1.807) is 54.6 Å². The highest BCUT2D eigenvalue weighted by Gasteiger charge is 2.37. The summed E-state index contributed by atoms with van der Waals surface area (Å²) in [4.78, 5) is 50.2. The summed E-state index contributed by atoms with van der Waals surface area (Å²) >= 11 is 3.31. The second-order valence-corrected chi connectivity index (χ2v) is 8.52. The van der Waals surface area contributed by atoms with E-state index >= 15 is 0 Å². The number of nitrogens with zero attached hydrogens (tertiary/aromatic N) is 1. The number of nitrogens with one attached hydrogen (secondary N) is 1. The molecule has 1 aliphatic rings. The number of rotatable bonds is 7. The first-order valence-electron chi connectivity index (χ1n) is 10.6. The Balaban J connectivity index is 1.67. The summed E-state index contributed by atoms with van der Waals surface area (Å²) in [6, 6.07) is 16.8. The minimum atomic E-state index is -1.04. The average molecular weight is 551 g/mol. The van der Waals surface area contributed by atoms with Gasteiger partial charge in [0.2, 0.25) is 0 Å². The summed E-state index contributed by atoms with van der Waals surface area (Å²) in [5.41, 5.74) is 1.25. The van der Waals surface area contributed by atoms with Crippen LogP contribution >= 0.6 is 15.9 Å². The normalized spacial score (nSPS) is 14.6. The number of carbonyl (C=O) groups excluding carboxylic acids is 3. The Morgan fingerprint density at radius 1 is 1.03 bits per heavy atom. The van der Waals surface area contributed by atoms with Gasteiger partial charge in [-0.25, -0.2) is 14.5 Å². The SMILES string of the molecule is COc1cccc(/C=C2\C(=O)NC(=O)N(c3ccc(Br)cc3)C2=O)c1OCc1ccc(C(=O)O)cc1. The maximum atomic E-state index is 13.2. The predicted molar refractivity (Wildman–Crippen MR) is 134 cm³/mol. The number of benzene rings is 3. The monoisotopic (exact) mass is 550 g/mol. The summed E-state index contributed by atoms with van der Waals surface area (Å²) in [5, 5.41) is 11.3. The minimum Gasteiger partial charge on any atom is -0.493 e. The van der Waals surface area contributed by atoms with Crippen molar-refractivity contribution in [1.29, 1.82) is 0 Å². The summed E-state index contributed by atoms with van der Waals surface area (Å²) in [6.45, 7) is 0.0695. The fourth-order valence-electron chi connectivity index (χ4n) is 3.50. The van der Waals surface area contributed by atoms with Crippen LogP contribution in [-0.2, 0) is 16.2 Å². The van der Waals surface area contributed by atoms with Crippen molar-refractivity contribution < 1.29 is 33.8 Å². The summed E-state index contributed by atoms with van der Waals surface area (Å²) < 4.78 is 12.1. The van der Waals surface area contributed by atoms with Gasteiger partial charge < -0.3 is 14.6 Å². The van der Waals surface area contributed by atoms with E-state index in [0.717, 1.165) is 9.37 Å². The maximum absolute atomic E-state index is 13.2. The minimum absolute atomic E-state index is 0.0695. The van der Waals surface area contributed by atoms with Gasteiger partial charge in [0.1, 0.15) is 12.2 Å². The molecule has 4 rings (SSSR count). The fourth-order valence-corrected chi connectivity index (χ4v) is 3.76. The molecule has 1 saturated heterocycles. The summed E-state index contributed by atoms with van der Waals surface area (Å²) in [5.74, 6) is -2.04. The van der Waals surface area contributed by atoms with Crippen LogP contribution in [0.25, 0.3) is 6.08 Å². The largest absolute Gasteiger partial charge is 0.493 e. The van der Waals surface area contributed by atoms with E-state index in [0.29, 0.717) is 22.6 Å². The number of carbonyl (C=O) groups is 4. The van der Waals surface area contributed by atoms with Crippen LogP contribution in [0.2, 0.25) is 0 Å². The Labute approximate surface area is 214 Å². The summed E-state index contributed by atoms with van der Waals surface area (Å²) in [6.07, 6.45) is 1.33. The van der Waals surface area contributed by atoms with Crippen molar-refractivity contribution in [3.8, 4) is 11.5 Å². The number of amides is 4. The number of ether oxygens (including phenoxy) is 2. The first-order chi connectivity index (χ1) is 17.3. The number of carboxylic acids is 1. The second kappa shape index (κ2) is 10.4. The number of imide groups is 2. The number of para-hydroxylation sites is 1. The molecule has 1 heterocycles. The number of halogens is 1. The molecule has 9 nitrogen and oxygen atoms in total. The molecule has 0 spiro atoms. The Hall–Kier alpha value is -4.44. The van der Waals surface area contributed by atoms with Crippen LogP contribution in [0, 0.1) is 0 Å². The van der Waals surface area contributed by atoms with Gasteiger partial charge in [0.25, 0.3) is 11.8 Å². The van der Waals surface area contributed by atoms with Gasteiger partial charge in [-0.2, -0.15) is 0 Å². The van der Waals surface area contributed by atoms with E-state index in [-0.39, 0.29) is 23.5 Å². The number of hydrogen-bond acceptors (Lipinski definition) is 6. The van der Waals surface area contributed by atoms with Crippen LogP contribution in [-0.4, -0.2) is 36.0 Å². The van der Waals surface area contributed by atoms with E-state index in [1.807, 2.05) is 0 Å². The highest BCUT2D eigenvalue weighted by Crippen LogP contribution is 2.34. The Kier molecular flexibility index (Phi) is 7.16. The van der Waals surface area contributed by atoms with Gasteiger partial charge in [-0.1, -0.05) is 40.2 Å². The van der Waals surface area contributed by atoms with E-state index < -0.39 is 23.8 Å². The van der Waals surface area contributed by atoms with Crippen molar-refractivity contribution in [3.05, 3.63) is 93.5 Å².